The van der Waals surface area contributed by atoms with Crippen LogP contribution in [0.25, 0.3) is 6.08 Å². The van der Waals surface area contributed by atoms with Crippen LogP contribution in [0, 0.1) is 11.3 Å². The van der Waals surface area contributed by atoms with E-state index in [2.05, 4.69) is 6.07 Å². The maximum Gasteiger partial charge on any atom is 0.309 e. The summed E-state index contributed by atoms with van der Waals surface area (Å²) in [6.45, 7) is 2.18. The van der Waals surface area contributed by atoms with Crippen LogP contribution in [0.3, 0.4) is 0 Å². The maximum absolute atomic E-state index is 11.0. The normalized spacial score (nSPS) is 10.0. The van der Waals surface area contributed by atoms with Crippen molar-refractivity contribution in [2.75, 3.05) is 6.61 Å². The first-order chi connectivity index (χ1) is 7.76. The molecule has 1 aromatic rings. The topological polar surface area (TPSA) is 50.1 Å². The van der Waals surface area contributed by atoms with E-state index in [1.165, 1.54) is 0 Å². The average molecular weight is 215 g/mol. The molecule has 0 saturated carbocycles. The van der Waals surface area contributed by atoms with Gasteiger partial charge in [0.25, 0.3) is 0 Å². The lowest BCUT2D eigenvalue weighted by molar-refractivity contribution is -0.142. The third kappa shape index (κ3) is 3.97. The highest BCUT2D eigenvalue weighted by Crippen LogP contribution is 2.06. The molecule has 0 spiro atoms. The first-order valence-electron chi connectivity index (χ1n) is 5.08. The molecule has 0 aliphatic carbocycles. The van der Waals surface area contributed by atoms with E-state index in [-0.39, 0.29) is 12.4 Å². The number of carbonyl (C=O) groups is 1. The molecule has 0 amide bonds. The lowest BCUT2D eigenvalue weighted by Gasteiger charge is -1.97. The summed E-state index contributed by atoms with van der Waals surface area (Å²) >= 11 is 0. The summed E-state index contributed by atoms with van der Waals surface area (Å²) < 4.78 is 4.78. The molecule has 3 heteroatoms. The smallest absolute Gasteiger partial charge is 0.309 e. The molecule has 3 nitrogen and oxygen atoms in total. The number of hydrogen-bond donors (Lipinski definition) is 0. The van der Waals surface area contributed by atoms with Gasteiger partial charge < -0.3 is 4.74 Å². The van der Waals surface area contributed by atoms with Gasteiger partial charge in [0.1, 0.15) is 0 Å². The summed E-state index contributed by atoms with van der Waals surface area (Å²) in [4.78, 5) is 11.0. The van der Waals surface area contributed by atoms with Gasteiger partial charge in [-0.15, -0.1) is 0 Å². The van der Waals surface area contributed by atoms with Crippen LogP contribution in [0.4, 0.5) is 0 Å². The predicted molar refractivity (Wildman–Crippen MR) is 61.4 cm³/mol. The zero-order chi connectivity index (χ0) is 11.8. The van der Waals surface area contributed by atoms with E-state index in [9.17, 15) is 4.79 Å². The molecule has 0 aromatic heterocycles. The highest BCUT2D eigenvalue weighted by atomic mass is 16.5. The van der Waals surface area contributed by atoms with Crippen molar-refractivity contribution < 1.29 is 9.53 Å². The quantitative estimate of drug-likeness (QED) is 0.725. The minimum absolute atomic E-state index is 0.241. The van der Waals surface area contributed by atoms with Gasteiger partial charge in [-0.05, 0) is 24.6 Å². The van der Waals surface area contributed by atoms with Crippen LogP contribution in [-0.4, -0.2) is 12.6 Å². The Hall–Kier alpha value is -2.08. The Kier molecular flexibility index (Phi) is 4.81. The van der Waals surface area contributed by atoms with Crippen molar-refractivity contribution >= 4 is 12.0 Å². The highest BCUT2D eigenvalue weighted by molar-refractivity contribution is 5.72. The van der Waals surface area contributed by atoms with E-state index in [1.807, 2.05) is 12.1 Å². The van der Waals surface area contributed by atoms with Crippen molar-refractivity contribution in [1.82, 2.24) is 0 Å². The number of hydrogen-bond acceptors (Lipinski definition) is 3. The lowest BCUT2D eigenvalue weighted by Crippen LogP contribution is -2.01. The number of ether oxygens (including phenoxy) is 1. The minimum Gasteiger partial charge on any atom is -0.466 e. The molecule has 0 atom stereocenters. The van der Waals surface area contributed by atoms with Crippen molar-refractivity contribution in [3.63, 3.8) is 0 Å². The van der Waals surface area contributed by atoms with Gasteiger partial charge >= 0.3 is 5.97 Å². The molecule has 16 heavy (non-hydrogen) atoms. The Labute approximate surface area is 95.0 Å². The van der Waals surface area contributed by atoms with E-state index >= 15 is 0 Å². The van der Waals surface area contributed by atoms with Gasteiger partial charge in [0.2, 0.25) is 0 Å². The van der Waals surface area contributed by atoms with E-state index in [0.29, 0.717) is 12.2 Å². The summed E-state index contributed by atoms with van der Waals surface area (Å²) in [5, 5.41) is 8.70. The third-order valence-corrected chi connectivity index (χ3v) is 1.92. The molecule has 82 valence electrons. The molecule has 0 heterocycles. The zero-order valence-corrected chi connectivity index (χ0v) is 9.14. The summed E-state index contributed by atoms with van der Waals surface area (Å²) in [7, 11) is 0. The van der Waals surface area contributed by atoms with E-state index in [1.54, 1.807) is 31.2 Å². The largest absolute Gasteiger partial charge is 0.466 e. The van der Waals surface area contributed by atoms with Crippen LogP contribution in [0.15, 0.2) is 30.3 Å². The SMILES string of the molecule is CCOC(=O)CC=Cc1cccc(C#N)c1. The third-order valence-electron chi connectivity index (χ3n) is 1.92. The van der Waals surface area contributed by atoms with E-state index in [4.69, 9.17) is 10.00 Å². The van der Waals surface area contributed by atoms with Crippen LogP contribution < -0.4 is 0 Å². The van der Waals surface area contributed by atoms with Gasteiger partial charge in [0.05, 0.1) is 24.7 Å². The molecule has 0 aliphatic heterocycles. The van der Waals surface area contributed by atoms with Crippen LogP contribution in [0.2, 0.25) is 0 Å². The van der Waals surface area contributed by atoms with Gasteiger partial charge in [0.15, 0.2) is 0 Å². The second-order valence-corrected chi connectivity index (χ2v) is 3.15. The van der Waals surface area contributed by atoms with Crippen LogP contribution in [0.1, 0.15) is 24.5 Å². The van der Waals surface area contributed by atoms with Gasteiger partial charge in [-0.1, -0.05) is 24.3 Å². The molecule has 0 radical (unpaired) electrons. The van der Waals surface area contributed by atoms with E-state index in [0.717, 1.165) is 5.56 Å². The van der Waals surface area contributed by atoms with Crippen molar-refractivity contribution in [3.05, 3.63) is 41.5 Å². The standard InChI is InChI=1S/C13H13NO2/c1-2-16-13(15)8-4-6-11-5-3-7-12(9-11)10-14/h3-7,9H,2,8H2,1H3. The molecule has 0 N–H and O–H groups in total. The van der Waals surface area contributed by atoms with Crippen LogP contribution in [-0.2, 0) is 9.53 Å². The Morgan fingerprint density at radius 1 is 1.56 bits per heavy atom. The monoisotopic (exact) mass is 215 g/mol. The number of nitriles is 1. The average Bonchev–Trinajstić information content (AvgIpc) is 2.30. The first kappa shape index (κ1) is 12.0. The maximum atomic E-state index is 11.0. The number of benzene rings is 1. The van der Waals surface area contributed by atoms with Crippen molar-refractivity contribution in [3.8, 4) is 6.07 Å². The lowest BCUT2D eigenvalue weighted by atomic mass is 10.1. The Morgan fingerprint density at radius 2 is 2.38 bits per heavy atom. The predicted octanol–water partition coefficient (Wildman–Crippen LogP) is 2.52. The molecule has 0 saturated heterocycles. The molecular formula is C13H13NO2. The first-order valence-corrected chi connectivity index (χ1v) is 5.08. The molecule has 0 unspecified atom stereocenters. The number of carbonyl (C=O) groups excluding carboxylic acids is 1. The van der Waals surface area contributed by atoms with Gasteiger partial charge in [0, 0.05) is 0 Å². The Morgan fingerprint density at radius 3 is 3.06 bits per heavy atom. The number of rotatable bonds is 4. The second-order valence-electron chi connectivity index (χ2n) is 3.15. The fraction of sp³-hybridized carbons (Fsp3) is 0.231. The summed E-state index contributed by atoms with van der Waals surface area (Å²) in [6, 6.07) is 9.25. The summed E-state index contributed by atoms with van der Waals surface area (Å²) in [6.07, 6.45) is 3.79. The van der Waals surface area contributed by atoms with Crippen LogP contribution in [0.5, 0.6) is 0 Å². The molecule has 1 aromatic carbocycles. The highest BCUT2D eigenvalue weighted by Gasteiger charge is 1.96. The van der Waals surface area contributed by atoms with Crippen molar-refractivity contribution in [1.29, 1.82) is 5.26 Å². The van der Waals surface area contributed by atoms with Crippen molar-refractivity contribution in [2.45, 2.75) is 13.3 Å². The Balaban J connectivity index is 2.56. The molecule has 0 aliphatic rings. The minimum atomic E-state index is -0.241. The molecular weight excluding hydrogens is 202 g/mol. The van der Waals surface area contributed by atoms with Crippen LogP contribution >= 0.6 is 0 Å². The van der Waals surface area contributed by atoms with Gasteiger partial charge in [-0.2, -0.15) is 5.26 Å². The zero-order valence-electron chi connectivity index (χ0n) is 9.14. The summed E-state index contributed by atoms with van der Waals surface area (Å²) in [5.74, 6) is -0.241. The molecule has 0 fully saturated rings. The number of nitrogens with zero attached hydrogens (tertiary/aromatic N) is 1. The summed E-state index contributed by atoms with van der Waals surface area (Å²) in [5.41, 5.74) is 1.52. The van der Waals surface area contributed by atoms with Gasteiger partial charge in [-0.3, -0.25) is 4.79 Å². The van der Waals surface area contributed by atoms with Gasteiger partial charge in [-0.25, -0.2) is 0 Å². The second kappa shape index (κ2) is 6.41. The van der Waals surface area contributed by atoms with Crippen molar-refractivity contribution in [2.24, 2.45) is 0 Å². The fourth-order valence-corrected chi connectivity index (χ4v) is 1.22. The number of esters is 1. The molecule has 0 bridgehead atoms. The fourth-order valence-electron chi connectivity index (χ4n) is 1.22. The van der Waals surface area contributed by atoms with E-state index < -0.39 is 0 Å². The Bertz CT molecular complexity index is 430. The molecule has 1 rings (SSSR count).